The van der Waals surface area contributed by atoms with Gasteiger partial charge in [-0.05, 0) is 35.0 Å². The zero-order valence-electron chi connectivity index (χ0n) is 8.34. The highest BCUT2D eigenvalue weighted by molar-refractivity contribution is 9.10. The van der Waals surface area contributed by atoms with Crippen LogP contribution in [0, 0.1) is 5.82 Å². The minimum Gasteiger partial charge on any atom is -0.464 e. The smallest absolute Gasteiger partial charge is 0.339 e. The van der Waals surface area contributed by atoms with Crippen molar-refractivity contribution in [3.63, 3.8) is 0 Å². The number of benzene rings is 1. The maximum atomic E-state index is 13.0. The number of hydrogen-bond donors (Lipinski definition) is 1. The van der Waals surface area contributed by atoms with Gasteiger partial charge in [0.25, 0.3) is 0 Å². The van der Waals surface area contributed by atoms with E-state index in [-0.39, 0.29) is 21.7 Å². The van der Waals surface area contributed by atoms with Gasteiger partial charge in [-0.25, -0.2) is 9.18 Å². The Morgan fingerprint density at radius 2 is 2.31 bits per heavy atom. The molecule has 0 aliphatic heterocycles. The summed E-state index contributed by atoms with van der Waals surface area (Å²) in [4.78, 5) is 11.3. The van der Waals surface area contributed by atoms with Gasteiger partial charge in [-0.15, -0.1) is 0 Å². The van der Waals surface area contributed by atoms with Crippen molar-refractivity contribution in [3.05, 3.63) is 33.0 Å². The molecule has 0 saturated heterocycles. The molecule has 0 fully saturated rings. The summed E-state index contributed by atoms with van der Waals surface area (Å²) in [6, 6.07) is 2.27. The fourth-order valence-corrected chi connectivity index (χ4v) is 1.71. The van der Waals surface area contributed by atoms with Crippen LogP contribution in [0.1, 0.15) is 18.6 Å². The molecule has 6 heteroatoms. The Morgan fingerprint density at radius 1 is 1.69 bits per heavy atom. The Balaban J connectivity index is 3.04. The largest absolute Gasteiger partial charge is 0.464 e. The molecule has 1 N–H and O–H groups in total. The lowest BCUT2D eigenvalue weighted by atomic mass is 10.1. The highest BCUT2D eigenvalue weighted by Gasteiger charge is 2.22. The van der Waals surface area contributed by atoms with Crippen LogP contribution >= 0.6 is 27.5 Å². The van der Waals surface area contributed by atoms with Crippen molar-refractivity contribution in [1.82, 2.24) is 0 Å². The van der Waals surface area contributed by atoms with Crippen LogP contribution in [-0.2, 0) is 9.53 Å². The lowest BCUT2D eigenvalue weighted by Crippen LogP contribution is -2.15. The summed E-state index contributed by atoms with van der Waals surface area (Å²) in [5.41, 5.74) is 0.105. The van der Waals surface area contributed by atoms with Crippen molar-refractivity contribution < 1.29 is 19.0 Å². The van der Waals surface area contributed by atoms with Crippen molar-refractivity contribution in [2.24, 2.45) is 0 Å². The summed E-state index contributed by atoms with van der Waals surface area (Å²) < 4.78 is 17.8. The van der Waals surface area contributed by atoms with Gasteiger partial charge in [0.15, 0.2) is 6.10 Å². The van der Waals surface area contributed by atoms with Crippen molar-refractivity contribution in [2.45, 2.75) is 13.0 Å². The maximum absolute atomic E-state index is 13.0. The monoisotopic (exact) mass is 310 g/mol. The van der Waals surface area contributed by atoms with E-state index in [1.54, 1.807) is 6.92 Å². The number of aliphatic hydroxyl groups is 1. The molecule has 0 aliphatic carbocycles. The number of rotatable bonds is 3. The normalized spacial score (nSPS) is 12.3. The molecule has 0 aliphatic rings. The summed E-state index contributed by atoms with van der Waals surface area (Å²) in [6.07, 6.45) is -1.51. The Morgan fingerprint density at radius 3 is 2.88 bits per heavy atom. The Bertz CT molecular complexity index is 411. The predicted octanol–water partition coefficient (Wildman–Crippen LogP) is 2.84. The zero-order chi connectivity index (χ0) is 12.3. The Labute approximate surface area is 105 Å². The molecule has 0 heterocycles. The fraction of sp³-hybridized carbons (Fsp3) is 0.300. The van der Waals surface area contributed by atoms with Gasteiger partial charge in [0.2, 0.25) is 0 Å². The van der Waals surface area contributed by atoms with Crippen LogP contribution in [0.2, 0.25) is 5.02 Å². The average Bonchev–Trinajstić information content (AvgIpc) is 2.23. The van der Waals surface area contributed by atoms with Crippen LogP contribution in [0.3, 0.4) is 0 Å². The molecule has 0 radical (unpaired) electrons. The van der Waals surface area contributed by atoms with E-state index in [0.29, 0.717) is 0 Å². The summed E-state index contributed by atoms with van der Waals surface area (Å²) >= 11 is 8.65. The zero-order valence-corrected chi connectivity index (χ0v) is 10.7. The van der Waals surface area contributed by atoms with Crippen molar-refractivity contribution in [1.29, 1.82) is 0 Å². The summed E-state index contributed by atoms with van der Waals surface area (Å²) in [5.74, 6) is -1.38. The first-order valence-corrected chi connectivity index (χ1v) is 5.63. The standard InChI is InChI=1S/C10H9BrClFO3/c1-2-16-10(15)9(14)5-3-6(11)8(13)4-7(5)12/h3-4,9,14H,2H2,1H3. The molecular formula is C10H9BrClFO3. The molecule has 0 spiro atoms. The molecule has 0 bridgehead atoms. The van der Waals surface area contributed by atoms with E-state index in [4.69, 9.17) is 11.6 Å². The molecule has 1 rings (SSSR count). The molecule has 0 saturated carbocycles. The van der Waals surface area contributed by atoms with Gasteiger partial charge < -0.3 is 9.84 Å². The molecule has 0 amide bonds. The van der Waals surface area contributed by atoms with E-state index in [1.807, 2.05) is 0 Å². The quantitative estimate of drug-likeness (QED) is 0.690. The third-order valence-corrected chi connectivity index (χ3v) is 2.78. The van der Waals surface area contributed by atoms with Gasteiger partial charge in [0.05, 0.1) is 11.1 Å². The number of carbonyl (C=O) groups excluding carboxylic acids is 1. The SMILES string of the molecule is CCOC(=O)C(O)c1cc(Br)c(F)cc1Cl. The summed E-state index contributed by atoms with van der Waals surface area (Å²) in [7, 11) is 0. The number of esters is 1. The van der Waals surface area contributed by atoms with Crippen LogP contribution in [-0.4, -0.2) is 17.7 Å². The van der Waals surface area contributed by atoms with E-state index in [0.717, 1.165) is 6.07 Å². The first kappa shape index (κ1) is 13.4. The third-order valence-electron chi connectivity index (χ3n) is 1.84. The van der Waals surface area contributed by atoms with Gasteiger partial charge in [0.1, 0.15) is 5.82 Å². The molecule has 16 heavy (non-hydrogen) atoms. The number of ether oxygens (including phenoxy) is 1. The van der Waals surface area contributed by atoms with Gasteiger partial charge in [-0.2, -0.15) is 0 Å². The lowest BCUT2D eigenvalue weighted by Gasteiger charge is -2.12. The number of hydrogen-bond acceptors (Lipinski definition) is 3. The maximum Gasteiger partial charge on any atom is 0.339 e. The van der Waals surface area contributed by atoms with E-state index >= 15 is 0 Å². The molecule has 1 unspecified atom stereocenters. The molecule has 0 aromatic heterocycles. The molecule has 88 valence electrons. The first-order valence-electron chi connectivity index (χ1n) is 4.46. The van der Waals surface area contributed by atoms with Crippen LogP contribution in [0.4, 0.5) is 4.39 Å². The Hall–Kier alpha value is -0.650. The number of carbonyl (C=O) groups is 1. The first-order chi connectivity index (χ1) is 7.47. The minimum absolute atomic E-state index is 0.0266. The van der Waals surface area contributed by atoms with Crippen LogP contribution < -0.4 is 0 Å². The highest BCUT2D eigenvalue weighted by Crippen LogP contribution is 2.29. The molecule has 3 nitrogen and oxygen atoms in total. The number of aliphatic hydroxyl groups excluding tert-OH is 1. The van der Waals surface area contributed by atoms with Crippen LogP contribution in [0.25, 0.3) is 0 Å². The van der Waals surface area contributed by atoms with E-state index in [1.165, 1.54) is 6.07 Å². The summed E-state index contributed by atoms with van der Waals surface area (Å²) in [6.45, 7) is 1.77. The van der Waals surface area contributed by atoms with Crippen LogP contribution in [0.5, 0.6) is 0 Å². The molecule has 1 aromatic rings. The van der Waals surface area contributed by atoms with E-state index in [9.17, 15) is 14.3 Å². The van der Waals surface area contributed by atoms with E-state index < -0.39 is 17.9 Å². The topological polar surface area (TPSA) is 46.5 Å². The van der Waals surface area contributed by atoms with Crippen molar-refractivity contribution in [3.8, 4) is 0 Å². The minimum atomic E-state index is -1.51. The highest BCUT2D eigenvalue weighted by atomic mass is 79.9. The molecule has 1 atom stereocenters. The predicted molar refractivity (Wildman–Crippen MR) is 60.7 cm³/mol. The van der Waals surface area contributed by atoms with Gasteiger partial charge in [0, 0.05) is 10.6 Å². The Kier molecular flexibility index (Phi) is 4.70. The molecular weight excluding hydrogens is 302 g/mol. The fourth-order valence-electron chi connectivity index (χ4n) is 1.10. The average molecular weight is 312 g/mol. The number of halogens is 3. The van der Waals surface area contributed by atoms with Crippen LogP contribution in [0.15, 0.2) is 16.6 Å². The van der Waals surface area contributed by atoms with Gasteiger partial charge in [-0.1, -0.05) is 11.6 Å². The van der Waals surface area contributed by atoms with Crippen molar-refractivity contribution in [2.75, 3.05) is 6.61 Å². The van der Waals surface area contributed by atoms with Crippen molar-refractivity contribution >= 4 is 33.5 Å². The van der Waals surface area contributed by atoms with Gasteiger partial charge >= 0.3 is 5.97 Å². The summed E-state index contributed by atoms with van der Waals surface area (Å²) in [5, 5.41) is 9.59. The van der Waals surface area contributed by atoms with E-state index in [2.05, 4.69) is 20.7 Å². The second-order valence-corrected chi connectivity index (χ2v) is 4.20. The molecule has 1 aromatic carbocycles. The third kappa shape index (κ3) is 2.93. The second kappa shape index (κ2) is 5.61. The lowest BCUT2D eigenvalue weighted by molar-refractivity contribution is -0.153. The second-order valence-electron chi connectivity index (χ2n) is 2.94. The van der Waals surface area contributed by atoms with Gasteiger partial charge in [-0.3, -0.25) is 0 Å².